The first-order valence-electron chi connectivity index (χ1n) is 5.55. The van der Waals surface area contributed by atoms with Crippen LogP contribution in [0.2, 0.25) is 0 Å². The van der Waals surface area contributed by atoms with Gasteiger partial charge >= 0.3 is 0 Å². The molecule has 0 aliphatic carbocycles. The number of hydrogen-bond acceptors (Lipinski definition) is 3. The maximum Gasteiger partial charge on any atom is 0.0890 e. The fourth-order valence-electron chi connectivity index (χ4n) is 1.85. The molecule has 3 nitrogen and oxygen atoms in total. The lowest BCUT2D eigenvalue weighted by atomic mass is 10.1. The van der Waals surface area contributed by atoms with Crippen LogP contribution in [0.25, 0.3) is 0 Å². The molecule has 1 N–H and O–H groups in total. The lowest BCUT2D eigenvalue weighted by molar-refractivity contribution is 0.0899. The average Bonchev–Trinajstić information content (AvgIpc) is 2.74. The molecule has 1 fully saturated rings. The predicted molar refractivity (Wildman–Crippen MR) is 59.6 cm³/mol. The van der Waals surface area contributed by atoms with E-state index in [0.29, 0.717) is 12.5 Å². The summed E-state index contributed by atoms with van der Waals surface area (Å²) in [5, 5.41) is 3.34. The second-order valence-corrected chi connectivity index (χ2v) is 4.14. The van der Waals surface area contributed by atoms with Gasteiger partial charge in [-0.3, -0.25) is 4.98 Å². The molecule has 1 aromatic rings. The minimum Gasteiger partial charge on any atom is -0.375 e. The second-order valence-electron chi connectivity index (χ2n) is 4.14. The zero-order chi connectivity index (χ0) is 10.5. The van der Waals surface area contributed by atoms with Gasteiger partial charge < -0.3 is 10.1 Å². The molecule has 2 rings (SSSR count). The fraction of sp³-hybridized carbons (Fsp3) is 0.583. The average molecular weight is 206 g/mol. The Hall–Kier alpha value is -0.930. The molecule has 3 heteroatoms. The molecule has 1 aliphatic rings. The normalized spacial score (nSPS) is 20.7. The maximum absolute atomic E-state index is 5.68. The van der Waals surface area contributed by atoms with Crippen LogP contribution in [-0.2, 0) is 11.3 Å². The molecule has 82 valence electrons. The Morgan fingerprint density at radius 2 is 2.53 bits per heavy atom. The van der Waals surface area contributed by atoms with Crippen molar-refractivity contribution in [2.24, 2.45) is 5.92 Å². The van der Waals surface area contributed by atoms with E-state index in [4.69, 9.17) is 4.74 Å². The summed E-state index contributed by atoms with van der Waals surface area (Å²) in [5.41, 5.74) is 2.27. The van der Waals surface area contributed by atoms with Gasteiger partial charge in [-0.05, 0) is 37.4 Å². The Balaban J connectivity index is 1.75. The van der Waals surface area contributed by atoms with E-state index in [1.165, 1.54) is 12.0 Å². The van der Waals surface area contributed by atoms with Gasteiger partial charge in [-0.25, -0.2) is 0 Å². The monoisotopic (exact) mass is 206 g/mol. The van der Waals surface area contributed by atoms with Gasteiger partial charge in [-0.2, -0.15) is 0 Å². The summed E-state index contributed by atoms with van der Waals surface area (Å²) >= 11 is 0. The van der Waals surface area contributed by atoms with Crippen LogP contribution in [0, 0.1) is 12.8 Å². The van der Waals surface area contributed by atoms with Gasteiger partial charge in [-0.15, -0.1) is 0 Å². The highest BCUT2D eigenvalue weighted by molar-refractivity contribution is 5.16. The first-order valence-corrected chi connectivity index (χ1v) is 5.55. The van der Waals surface area contributed by atoms with Crippen molar-refractivity contribution in [3.05, 3.63) is 29.6 Å². The highest BCUT2D eigenvalue weighted by atomic mass is 16.5. The van der Waals surface area contributed by atoms with Crippen molar-refractivity contribution in [3.8, 4) is 0 Å². The minimum atomic E-state index is 0.642. The molecule has 0 spiro atoms. The van der Waals surface area contributed by atoms with Crippen LogP contribution in [-0.4, -0.2) is 24.7 Å². The zero-order valence-corrected chi connectivity index (χ0v) is 9.20. The molecule has 0 saturated carbocycles. The molecule has 1 aromatic heterocycles. The first-order chi connectivity index (χ1) is 7.36. The smallest absolute Gasteiger partial charge is 0.0890 e. The summed E-state index contributed by atoms with van der Waals surface area (Å²) in [7, 11) is 0. The lowest BCUT2D eigenvalue weighted by Crippen LogP contribution is -2.14. The van der Waals surface area contributed by atoms with E-state index in [9.17, 15) is 0 Å². The van der Waals surface area contributed by atoms with Crippen molar-refractivity contribution >= 4 is 0 Å². The molecular formula is C12H18N2O. The maximum atomic E-state index is 5.68. The molecule has 0 amide bonds. The topological polar surface area (TPSA) is 34.1 Å². The van der Waals surface area contributed by atoms with Crippen molar-refractivity contribution in [1.29, 1.82) is 0 Å². The Kier molecular flexibility index (Phi) is 3.69. The molecule has 1 atom stereocenters. The molecule has 1 saturated heterocycles. The highest BCUT2D eigenvalue weighted by Gasteiger charge is 2.14. The molecule has 2 heterocycles. The van der Waals surface area contributed by atoms with E-state index in [1.54, 1.807) is 0 Å². The van der Waals surface area contributed by atoms with E-state index in [-0.39, 0.29) is 0 Å². The van der Waals surface area contributed by atoms with Gasteiger partial charge in [0.1, 0.15) is 0 Å². The highest BCUT2D eigenvalue weighted by Crippen LogP contribution is 2.10. The molecule has 1 aliphatic heterocycles. The number of nitrogens with one attached hydrogen (secondary N) is 1. The Bertz CT molecular complexity index is 308. The van der Waals surface area contributed by atoms with Crippen molar-refractivity contribution in [1.82, 2.24) is 10.3 Å². The van der Waals surface area contributed by atoms with Crippen molar-refractivity contribution in [2.45, 2.75) is 20.0 Å². The third-order valence-corrected chi connectivity index (χ3v) is 2.87. The number of rotatable bonds is 4. The van der Waals surface area contributed by atoms with E-state index in [0.717, 1.165) is 25.4 Å². The van der Waals surface area contributed by atoms with Gasteiger partial charge in [0.05, 0.1) is 18.9 Å². The van der Waals surface area contributed by atoms with Crippen LogP contribution in [0.4, 0.5) is 0 Å². The quantitative estimate of drug-likeness (QED) is 0.811. The van der Waals surface area contributed by atoms with Crippen LogP contribution < -0.4 is 5.32 Å². The van der Waals surface area contributed by atoms with Crippen molar-refractivity contribution < 1.29 is 4.74 Å². The minimum absolute atomic E-state index is 0.642. The lowest BCUT2D eigenvalue weighted by Gasteiger charge is -2.09. The van der Waals surface area contributed by atoms with E-state index in [1.807, 2.05) is 12.3 Å². The van der Waals surface area contributed by atoms with E-state index < -0.39 is 0 Å². The molecular weight excluding hydrogens is 188 g/mol. The summed E-state index contributed by atoms with van der Waals surface area (Å²) < 4.78 is 5.68. The number of aromatic nitrogens is 1. The third-order valence-electron chi connectivity index (χ3n) is 2.87. The number of nitrogens with zero attached hydrogens (tertiary/aromatic N) is 1. The van der Waals surface area contributed by atoms with E-state index >= 15 is 0 Å². The van der Waals surface area contributed by atoms with Crippen LogP contribution >= 0.6 is 0 Å². The van der Waals surface area contributed by atoms with Crippen LogP contribution in [0.15, 0.2) is 18.3 Å². The van der Waals surface area contributed by atoms with Crippen LogP contribution in [0.3, 0.4) is 0 Å². The van der Waals surface area contributed by atoms with Crippen molar-refractivity contribution in [2.75, 3.05) is 19.7 Å². The van der Waals surface area contributed by atoms with E-state index in [2.05, 4.69) is 23.3 Å². The summed E-state index contributed by atoms with van der Waals surface area (Å²) in [6.07, 6.45) is 3.06. The summed E-state index contributed by atoms with van der Waals surface area (Å²) in [5.74, 6) is 0.689. The van der Waals surface area contributed by atoms with Gasteiger partial charge in [0, 0.05) is 12.7 Å². The van der Waals surface area contributed by atoms with Gasteiger partial charge in [-0.1, -0.05) is 6.07 Å². The Morgan fingerprint density at radius 3 is 3.27 bits per heavy atom. The van der Waals surface area contributed by atoms with Crippen molar-refractivity contribution in [3.63, 3.8) is 0 Å². The van der Waals surface area contributed by atoms with Gasteiger partial charge in [0.2, 0.25) is 0 Å². The van der Waals surface area contributed by atoms with Gasteiger partial charge in [0.25, 0.3) is 0 Å². The standard InChI is InChI=1S/C12H18N2O/c1-10-3-2-5-14-12(10)9-15-8-11-4-6-13-7-11/h2-3,5,11,13H,4,6-9H2,1H3. The number of pyridine rings is 1. The molecule has 1 unspecified atom stereocenters. The molecule has 0 bridgehead atoms. The summed E-state index contributed by atoms with van der Waals surface area (Å²) in [4.78, 5) is 4.30. The second kappa shape index (κ2) is 5.24. The molecule has 0 aromatic carbocycles. The van der Waals surface area contributed by atoms with Crippen LogP contribution in [0.1, 0.15) is 17.7 Å². The fourth-order valence-corrected chi connectivity index (χ4v) is 1.85. The Labute approximate surface area is 90.9 Å². The largest absolute Gasteiger partial charge is 0.375 e. The summed E-state index contributed by atoms with van der Waals surface area (Å²) in [6, 6.07) is 4.03. The van der Waals surface area contributed by atoms with Gasteiger partial charge in [0.15, 0.2) is 0 Å². The summed E-state index contributed by atoms with van der Waals surface area (Å²) in [6.45, 7) is 5.80. The van der Waals surface area contributed by atoms with Crippen LogP contribution in [0.5, 0.6) is 0 Å². The zero-order valence-electron chi connectivity index (χ0n) is 9.20. The number of aryl methyl sites for hydroxylation is 1. The Morgan fingerprint density at radius 1 is 1.60 bits per heavy atom. The third kappa shape index (κ3) is 3.01. The number of ether oxygens (including phenoxy) is 1. The SMILES string of the molecule is Cc1cccnc1COCC1CCNC1. The molecule has 15 heavy (non-hydrogen) atoms. The molecule has 0 radical (unpaired) electrons. The predicted octanol–water partition coefficient (Wildman–Crippen LogP) is 1.52. The first kappa shape index (κ1) is 10.6. The number of hydrogen-bond donors (Lipinski definition) is 1.